The van der Waals surface area contributed by atoms with Crippen LogP contribution in [0.4, 0.5) is 18.9 Å². The number of hydrogen-bond acceptors (Lipinski definition) is 2. The predicted molar refractivity (Wildman–Crippen MR) is 93.2 cm³/mol. The van der Waals surface area contributed by atoms with Gasteiger partial charge in [0.15, 0.2) is 0 Å². The van der Waals surface area contributed by atoms with E-state index in [1.165, 1.54) is 24.3 Å². The third kappa shape index (κ3) is 3.20. The normalized spacial score (nSPS) is 15.2. The lowest BCUT2D eigenvalue weighted by Gasteiger charge is -2.17. The molecule has 0 spiro atoms. The molecular formula is C17H7Cl3F3NO2. The topological polar surface area (TPSA) is 37.4 Å². The molecule has 0 aliphatic carbocycles. The van der Waals surface area contributed by atoms with Gasteiger partial charge in [0.1, 0.15) is 5.03 Å². The van der Waals surface area contributed by atoms with Crippen molar-refractivity contribution in [1.29, 1.82) is 0 Å². The maximum Gasteiger partial charge on any atom is 0.416 e. The summed E-state index contributed by atoms with van der Waals surface area (Å²) in [7, 11) is 0. The molecule has 1 heterocycles. The third-order valence-corrected chi connectivity index (χ3v) is 4.56. The van der Waals surface area contributed by atoms with Crippen LogP contribution in [0, 0.1) is 0 Å². The largest absolute Gasteiger partial charge is 0.416 e. The molecule has 3 nitrogen and oxygen atoms in total. The lowest BCUT2D eigenvalue weighted by molar-refractivity contribution is -0.137. The molecule has 0 N–H and O–H groups in total. The van der Waals surface area contributed by atoms with Crippen molar-refractivity contribution in [2.24, 2.45) is 0 Å². The van der Waals surface area contributed by atoms with Crippen LogP contribution in [0.3, 0.4) is 0 Å². The Kier molecular flexibility index (Phi) is 4.77. The van der Waals surface area contributed by atoms with Gasteiger partial charge in [0, 0.05) is 10.6 Å². The summed E-state index contributed by atoms with van der Waals surface area (Å²) < 4.78 is 38.7. The van der Waals surface area contributed by atoms with Crippen LogP contribution in [0.25, 0.3) is 5.57 Å². The van der Waals surface area contributed by atoms with Crippen molar-refractivity contribution in [1.82, 2.24) is 0 Å². The van der Waals surface area contributed by atoms with E-state index in [9.17, 15) is 22.8 Å². The highest BCUT2D eigenvalue weighted by molar-refractivity contribution is 6.60. The summed E-state index contributed by atoms with van der Waals surface area (Å²) in [6.45, 7) is 0. The SMILES string of the molecule is O=C1C(Cl)=C(c2ccc(Cl)cc2Cl)C(=O)N1c1cccc(C(F)(F)F)c1. The first-order valence-corrected chi connectivity index (χ1v) is 8.16. The number of rotatable bonds is 2. The molecule has 0 saturated heterocycles. The highest BCUT2D eigenvalue weighted by Gasteiger charge is 2.41. The van der Waals surface area contributed by atoms with Crippen LogP contribution in [0.1, 0.15) is 11.1 Å². The molecule has 0 radical (unpaired) electrons. The first-order valence-electron chi connectivity index (χ1n) is 7.02. The molecule has 2 aromatic carbocycles. The molecule has 0 unspecified atom stereocenters. The van der Waals surface area contributed by atoms with Gasteiger partial charge in [-0.05, 0) is 30.3 Å². The van der Waals surface area contributed by atoms with Crippen molar-refractivity contribution < 1.29 is 22.8 Å². The number of hydrogen-bond donors (Lipinski definition) is 0. The molecule has 26 heavy (non-hydrogen) atoms. The lowest BCUT2D eigenvalue weighted by atomic mass is 10.1. The maximum atomic E-state index is 12.9. The van der Waals surface area contributed by atoms with E-state index in [0.717, 1.165) is 12.1 Å². The van der Waals surface area contributed by atoms with Gasteiger partial charge in [-0.1, -0.05) is 46.9 Å². The van der Waals surface area contributed by atoms with E-state index in [-0.39, 0.29) is 21.8 Å². The Balaban J connectivity index is 2.07. The van der Waals surface area contributed by atoms with Gasteiger partial charge in [0.25, 0.3) is 11.8 Å². The molecule has 1 aliphatic rings. The zero-order valence-electron chi connectivity index (χ0n) is 12.6. The van der Waals surface area contributed by atoms with Gasteiger partial charge in [-0.3, -0.25) is 9.59 Å². The summed E-state index contributed by atoms with van der Waals surface area (Å²) in [6.07, 6.45) is -4.62. The maximum absolute atomic E-state index is 12.9. The van der Waals surface area contributed by atoms with E-state index in [4.69, 9.17) is 34.8 Å². The first kappa shape index (κ1) is 18.8. The van der Waals surface area contributed by atoms with Crippen molar-refractivity contribution in [3.8, 4) is 0 Å². The van der Waals surface area contributed by atoms with Crippen molar-refractivity contribution in [3.63, 3.8) is 0 Å². The molecule has 1 aliphatic heterocycles. The fourth-order valence-electron chi connectivity index (χ4n) is 2.48. The van der Waals surface area contributed by atoms with E-state index in [2.05, 4.69) is 0 Å². The lowest BCUT2D eigenvalue weighted by Crippen LogP contribution is -2.31. The zero-order chi connectivity index (χ0) is 19.2. The van der Waals surface area contributed by atoms with Crippen LogP contribution in [0.5, 0.6) is 0 Å². The number of halogens is 6. The molecular weight excluding hydrogens is 414 g/mol. The van der Waals surface area contributed by atoms with Crippen molar-refractivity contribution >= 4 is 57.9 Å². The second kappa shape index (κ2) is 6.61. The number of amides is 2. The van der Waals surface area contributed by atoms with Crippen LogP contribution < -0.4 is 4.90 Å². The fourth-order valence-corrected chi connectivity index (χ4v) is 3.25. The fraction of sp³-hybridized carbons (Fsp3) is 0.0588. The Bertz CT molecular complexity index is 970. The van der Waals surface area contributed by atoms with E-state index < -0.39 is 28.6 Å². The minimum atomic E-state index is -4.62. The summed E-state index contributed by atoms with van der Waals surface area (Å²) >= 11 is 17.9. The van der Waals surface area contributed by atoms with Gasteiger partial charge in [-0.25, -0.2) is 4.90 Å². The van der Waals surface area contributed by atoms with Crippen LogP contribution >= 0.6 is 34.8 Å². The Hall–Kier alpha value is -2.02. The van der Waals surface area contributed by atoms with Crippen LogP contribution in [-0.4, -0.2) is 11.8 Å². The average molecular weight is 421 g/mol. The Morgan fingerprint density at radius 2 is 1.58 bits per heavy atom. The van der Waals surface area contributed by atoms with Gasteiger partial charge < -0.3 is 0 Å². The third-order valence-electron chi connectivity index (χ3n) is 3.66. The highest BCUT2D eigenvalue weighted by atomic mass is 35.5. The molecule has 3 rings (SSSR count). The highest BCUT2D eigenvalue weighted by Crippen LogP contribution is 2.39. The number of imide groups is 1. The molecule has 0 saturated carbocycles. The van der Waals surface area contributed by atoms with Crippen LogP contribution in [0.2, 0.25) is 10.0 Å². The first-order chi connectivity index (χ1) is 12.1. The van der Waals surface area contributed by atoms with E-state index in [1.54, 1.807) is 0 Å². The van der Waals surface area contributed by atoms with E-state index >= 15 is 0 Å². The number of carbonyl (C=O) groups is 2. The average Bonchev–Trinajstić information content (AvgIpc) is 2.77. The quantitative estimate of drug-likeness (QED) is 0.599. The molecule has 0 aromatic heterocycles. The molecule has 2 amide bonds. The molecule has 134 valence electrons. The Morgan fingerprint density at radius 1 is 0.885 bits per heavy atom. The monoisotopic (exact) mass is 419 g/mol. The molecule has 0 atom stereocenters. The van der Waals surface area contributed by atoms with Gasteiger partial charge in [0.2, 0.25) is 0 Å². The smallest absolute Gasteiger partial charge is 0.268 e. The van der Waals surface area contributed by atoms with Crippen LogP contribution in [0.15, 0.2) is 47.5 Å². The minimum absolute atomic E-state index is 0.0812. The molecule has 0 fully saturated rings. The Morgan fingerprint density at radius 3 is 2.19 bits per heavy atom. The molecule has 2 aromatic rings. The van der Waals surface area contributed by atoms with Crippen molar-refractivity contribution in [2.45, 2.75) is 6.18 Å². The summed E-state index contributed by atoms with van der Waals surface area (Å²) in [5.41, 5.74) is -1.28. The summed E-state index contributed by atoms with van der Waals surface area (Å²) in [6, 6.07) is 8.06. The van der Waals surface area contributed by atoms with E-state index in [1.807, 2.05) is 0 Å². The second-order valence-electron chi connectivity index (χ2n) is 5.31. The summed E-state index contributed by atoms with van der Waals surface area (Å²) in [5, 5.41) is -0.0451. The van der Waals surface area contributed by atoms with Gasteiger partial charge in [-0.2, -0.15) is 13.2 Å². The Labute approximate surface area is 160 Å². The van der Waals surface area contributed by atoms with Gasteiger partial charge in [0.05, 0.1) is 21.8 Å². The summed E-state index contributed by atoms with van der Waals surface area (Å²) in [4.78, 5) is 25.7. The number of alkyl halides is 3. The number of anilines is 1. The van der Waals surface area contributed by atoms with Crippen LogP contribution in [-0.2, 0) is 15.8 Å². The van der Waals surface area contributed by atoms with Gasteiger partial charge >= 0.3 is 6.18 Å². The number of benzene rings is 2. The number of nitrogens with zero attached hydrogens (tertiary/aromatic N) is 1. The predicted octanol–water partition coefficient (Wildman–Crippen LogP) is 5.54. The second-order valence-corrected chi connectivity index (χ2v) is 6.53. The molecule has 9 heteroatoms. The molecule has 0 bridgehead atoms. The van der Waals surface area contributed by atoms with Crippen molar-refractivity contribution in [3.05, 3.63) is 68.7 Å². The minimum Gasteiger partial charge on any atom is -0.268 e. The van der Waals surface area contributed by atoms with Crippen molar-refractivity contribution in [2.75, 3.05) is 4.90 Å². The van der Waals surface area contributed by atoms with Gasteiger partial charge in [-0.15, -0.1) is 0 Å². The zero-order valence-corrected chi connectivity index (χ0v) is 14.8. The summed E-state index contributed by atoms with van der Waals surface area (Å²) in [5.74, 6) is -1.81. The van der Waals surface area contributed by atoms with E-state index in [0.29, 0.717) is 16.0 Å². The standard InChI is InChI=1S/C17H7Cl3F3NO2/c18-9-4-5-11(12(19)7-9)13-14(20)16(26)24(15(13)25)10-3-1-2-8(6-10)17(21,22)23/h1-7H. The number of carbonyl (C=O) groups excluding carboxylic acids is 2.